The molecule has 0 atom stereocenters. The van der Waals surface area contributed by atoms with E-state index in [1.807, 2.05) is 12.3 Å². The van der Waals surface area contributed by atoms with Crippen LogP contribution in [0.25, 0.3) is 16.9 Å². The maximum absolute atomic E-state index is 5.94. The van der Waals surface area contributed by atoms with Crippen molar-refractivity contribution in [3.05, 3.63) is 58.7 Å². The molecule has 0 fully saturated rings. The summed E-state index contributed by atoms with van der Waals surface area (Å²) in [7, 11) is 0. The highest BCUT2D eigenvalue weighted by Crippen LogP contribution is 2.25. The van der Waals surface area contributed by atoms with E-state index >= 15 is 0 Å². The first-order valence-corrected chi connectivity index (χ1v) is 6.98. The van der Waals surface area contributed by atoms with Gasteiger partial charge in [0.2, 0.25) is 0 Å². The van der Waals surface area contributed by atoms with Gasteiger partial charge in [0.25, 0.3) is 0 Å². The molecule has 4 nitrogen and oxygen atoms in total. The Hall–Kier alpha value is -2.33. The van der Waals surface area contributed by atoms with Crippen molar-refractivity contribution in [1.29, 1.82) is 0 Å². The fourth-order valence-electron chi connectivity index (χ4n) is 2.20. The summed E-state index contributed by atoms with van der Waals surface area (Å²) in [4.78, 5) is 0. The van der Waals surface area contributed by atoms with Crippen LogP contribution in [0.15, 0.2) is 42.6 Å². The van der Waals surface area contributed by atoms with E-state index < -0.39 is 0 Å². The van der Waals surface area contributed by atoms with Gasteiger partial charge in [-0.1, -0.05) is 34.5 Å². The second-order valence-electron chi connectivity index (χ2n) is 5.07. The maximum atomic E-state index is 5.94. The molecular formula is C16H15ClN4. The van der Waals surface area contributed by atoms with Crippen LogP contribution in [0.5, 0.6) is 0 Å². The van der Waals surface area contributed by atoms with Crippen molar-refractivity contribution < 1.29 is 0 Å². The van der Waals surface area contributed by atoms with Gasteiger partial charge >= 0.3 is 0 Å². The Balaban J connectivity index is 2.03. The number of benzene rings is 2. The fraction of sp³-hybridized carbons (Fsp3) is 0.125. The largest absolute Gasteiger partial charge is 0.397 e. The van der Waals surface area contributed by atoms with Gasteiger partial charge in [-0.05, 0) is 43.7 Å². The van der Waals surface area contributed by atoms with E-state index in [0.717, 1.165) is 16.9 Å². The zero-order valence-electron chi connectivity index (χ0n) is 11.8. The molecule has 0 spiro atoms. The van der Waals surface area contributed by atoms with Gasteiger partial charge in [-0.25, -0.2) is 4.68 Å². The van der Waals surface area contributed by atoms with Gasteiger partial charge in [-0.15, -0.1) is 5.10 Å². The molecule has 2 N–H and O–H groups in total. The van der Waals surface area contributed by atoms with Crippen LogP contribution in [-0.2, 0) is 0 Å². The lowest BCUT2D eigenvalue weighted by Crippen LogP contribution is -1.96. The van der Waals surface area contributed by atoms with Gasteiger partial charge in [0, 0.05) is 5.56 Å². The first-order valence-electron chi connectivity index (χ1n) is 6.60. The van der Waals surface area contributed by atoms with Crippen LogP contribution in [0.1, 0.15) is 11.1 Å². The lowest BCUT2D eigenvalue weighted by molar-refractivity contribution is 0.804. The average molecular weight is 299 g/mol. The minimum absolute atomic E-state index is 0.526. The van der Waals surface area contributed by atoms with Gasteiger partial charge in [-0.2, -0.15) is 0 Å². The molecule has 5 heteroatoms. The second kappa shape index (κ2) is 5.22. The van der Waals surface area contributed by atoms with E-state index in [-0.39, 0.29) is 0 Å². The normalized spacial score (nSPS) is 10.8. The molecule has 106 valence electrons. The molecule has 2 aromatic carbocycles. The fourth-order valence-corrected chi connectivity index (χ4v) is 2.32. The Morgan fingerprint density at radius 2 is 1.90 bits per heavy atom. The standard InChI is InChI=1S/C16H15ClN4/c1-10-3-4-11(2)13(7-10)16-9-21(20-19-16)12-5-6-14(17)15(18)8-12/h3-9H,18H2,1-2H3. The van der Waals surface area contributed by atoms with Gasteiger partial charge in [0.1, 0.15) is 5.69 Å². The van der Waals surface area contributed by atoms with Crippen LogP contribution in [0.2, 0.25) is 5.02 Å². The molecule has 1 heterocycles. The third-order valence-electron chi connectivity index (χ3n) is 3.41. The summed E-state index contributed by atoms with van der Waals surface area (Å²) in [6.07, 6.45) is 1.89. The summed E-state index contributed by atoms with van der Waals surface area (Å²) in [6, 6.07) is 11.7. The van der Waals surface area contributed by atoms with Crippen molar-refractivity contribution in [1.82, 2.24) is 15.0 Å². The lowest BCUT2D eigenvalue weighted by Gasteiger charge is -2.04. The Morgan fingerprint density at radius 1 is 1.10 bits per heavy atom. The van der Waals surface area contributed by atoms with Crippen molar-refractivity contribution >= 4 is 17.3 Å². The molecule has 3 rings (SSSR count). The minimum Gasteiger partial charge on any atom is -0.397 e. The predicted molar refractivity (Wildman–Crippen MR) is 85.7 cm³/mol. The Kier molecular flexibility index (Phi) is 3.39. The Labute approximate surface area is 128 Å². The number of nitrogens with two attached hydrogens (primary N) is 1. The summed E-state index contributed by atoms with van der Waals surface area (Å²) in [6.45, 7) is 4.13. The molecule has 21 heavy (non-hydrogen) atoms. The van der Waals surface area contributed by atoms with Crippen LogP contribution >= 0.6 is 11.6 Å². The summed E-state index contributed by atoms with van der Waals surface area (Å²) in [5, 5.41) is 8.96. The Bertz CT molecular complexity index is 808. The molecule has 0 aliphatic carbocycles. The van der Waals surface area contributed by atoms with E-state index in [1.165, 1.54) is 11.1 Å². The highest BCUT2D eigenvalue weighted by atomic mass is 35.5. The number of aromatic nitrogens is 3. The Morgan fingerprint density at radius 3 is 2.67 bits per heavy atom. The second-order valence-corrected chi connectivity index (χ2v) is 5.48. The van der Waals surface area contributed by atoms with Crippen LogP contribution in [0, 0.1) is 13.8 Å². The first-order chi connectivity index (χ1) is 10.0. The van der Waals surface area contributed by atoms with E-state index in [9.17, 15) is 0 Å². The molecule has 3 aromatic rings. The zero-order chi connectivity index (χ0) is 15.0. The molecule has 0 saturated carbocycles. The van der Waals surface area contributed by atoms with E-state index in [0.29, 0.717) is 10.7 Å². The van der Waals surface area contributed by atoms with E-state index in [1.54, 1.807) is 16.8 Å². The first kappa shape index (κ1) is 13.6. The smallest absolute Gasteiger partial charge is 0.113 e. The van der Waals surface area contributed by atoms with Gasteiger partial charge in [0.15, 0.2) is 0 Å². The van der Waals surface area contributed by atoms with Crippen molar-refractivity contribution in [2.75, 3.05) is 5.73 Å². The number of anilines is 1. The van der Waals surface area contributed by atoms with Crippen LogP contribution in [-0.4, -0.2) is 15.0 Å². The summed E-state index contributed by atoms with van der Waals surface area (Å²) in [5.74, 6) is 0. The van der Waals surface area contributed by atoms with Crippen LogP contribution in [0.4, 0.5) is 5.69 Å². The highest BCUT2D eigenvalue weighted by molar-refractivity contribution is 6.33. The molecule has 0 bridgehead atoms. The van der Waals surface area contributed by atoms with E-state index in [2.05, 4.69) is 42.4 Å². The van der Waals surface area contributed by atoms with Crippen molar-refractivity contribution in [2.24, 2.45) is 0 Å². The van der Waals surface area contributed by atoms with Crippen molar-refractivity contribution in [2.45, 2.75) is 13.8 Å². The number of nitrogens with zero attached hydrogens (tertiary/aromatic N) is 3. The molecule has 0 radical (unpaired) electrons. The maximum Gasteiger partial charge on any atom is 0.113 e. The molecule has 0 unspecified atom stereocenters. The topological polar surface area (TPSA) is 56.7 Å². The summed E-state index contributed by atoms with van der Waals surface area (Å²) in [5.41, 5.74) is 11.5. The van der Waals surface area contributed by atoms with Crippen molar-refractivity contribution in [3.63, 3.8) is 0 Å². The minimum atomic E-state index is 0.526. The third kappa shape index (κ3) is 2.62. The number of nitrogen functional groups attached to an aromatic ring is 1. The lowest BCUT2D eigenvalue weighted by atomic mass is 10.0. The predicted octanol–water partition coefficient (Wildman–Crippen LogP) is 3.79. The monoisotopic (exact) mass is 298 g/mol. The molecule has 0 aliphatic heterocycles. The van der Waals surface area contributed by atoms with Gasteiger partial charge < -0.3 is 5.73 Å². The van der Waals surface area contributed by atoms with Crippen molar-refractivity contribution in [3.8, 4) is 16.9 Å². The van der Waals surface area contributed by atoms with Crippen LogP contribution < -0.4 is 5.73 Å². The molecule has 0 saturated heterocycles. The SMILES string of the molecule is Cc1ccc(C)c(-c2cn(-c3ccc(Cl)c(N)c3)nn2)c1. The van der Waals surface area contributed by atoms with Crippen LogP contribution in [0.3, 0.4) is 0 Å². The number of hydrogen-bond acceptors (Lipinski definition) is 3. The molecule has 1 aromatic heterocycles. The molecular weight excluding hydrogens is 284 g/mol. The molecule has 0 amide bonds. The van der Waals surface area contributed by atoms with E-state index in [4.69, 9.17) is 17.3 Å². The number of rotatable bonds is 2. The van der Waals surface area contributed by atoms with Gasteiger partial charge in [-0.3, -0.25) is 0 Å². The summed E-state index contributed by atoms with van der Waals surface area (Å²) >= 11 is 5.94. The third-order valence-corrected chi connectivity index (χ3v) is 3.75. The number of hydrogen-bond donors (Lipinski definition) is 1. The average Bonchev–Trinajstić information content (AvgIpc) is 2.94. The quantitative estimate of drug-likeness (QED) is 0.732. The summed E-state index contributed by atoms with van der Waals surface area (Å²) < 4.78 is 1.70. The van der Waals surface area contributed by atoms with Gasteiger partial charge in [0.05, 0.1) is 22.6 Å². The highest BCUT2D eigenvalue weighted by Gasteiger charge is 2.09. The zero-order valence-corrected chi connectivity index (χ0v) is 12.6. The molecule has 0 aliphatic rings. The number of aryl methyl sites for hydroxylation is 2. The number of halogens is 1.